The summed E-state index contributed by atoms with van der Waals surface area (Å²) in [7, 11) is -3.77. The Balaban J connectivity index is 2.13. The molecule has 0 amide bonds. The Hall–Kier alpha value is -1.30. The summed E-state index contributed by atoms with van der Waals surface area (Å²) in [5, 5.41) is 0.0643. The summed E-state index contributed by atoms with van der Waals surface area (Å²) in [6, 6.07) is 10.4. The highest BCUT2D eigenvalue weighted by molar-refractivity contribution is 7.93. The molecule has 0 saturated carbocycles. The molecular weight excluding hydrogens is 343 g/mol. The number of aromatic nitrogens is 1. The van der Waals surface area contributed by atoms with Crippen LogP contribution in [0, 0.1) is 0 Å². The van der Waals surface area contributed by atoms with Gasteiger partial charge in [0.15, 0.2) is 5.15 Å². The van der Waals surface area contributed by atoms with Crippen LogP contribution >= 0.6 is 23.2 Å². The van der Waals surface area contributed by atoms with Gasteiger partial charge in [0, 0.05) is 6.54 Å². The van der Waals surface area contributed by atoms with Crippen LogP contribution in [0.3, 0.4) is 0 Å². The molecule has 0 saturated heterocycles. The minimum absolute atomic E-state index is 0.0183. The molecule has 7 heteroatoms. The monoisotopic (exact) mass is 356 g/mol. The van der Waals surface area contributed by atoms with Crippen molar-refractivity contribution in [3.63, 3.8) is 0 Å². The molecule has 0 atom stereocenters. The Labute approximate surface area is 139 Å². The van der Waals surface area contributed by atoms with Crippen molar-refractivity contribution in [2.24, 2.45) is 0 Å². The highest BCUT2D eigenvalue weighted by Crippen LogP contribution is 2.33. The van der Waals surface area contributed by atoms with Crippen LogP contribution < -0.4 is 4.31 Å². The van der Waals surface area contributed by atoms with Gasteiger partial charge in [-0.25, -0.2) is 13.4 Å². The minimum atomic E-state index is -3.77. The van der Waals surface area contributed by atoms with Crippen LogP contribution in [0.1, 0.15) is 18.4 Å². The highest BCUT2D eigenvalue weighted by Gasteiger charge is 2.30. The molecule has 116 valence electrons. The van der Waals surface area contributed by atoms with E-state index in [1.165, 1.54) is 16.4 Å². The van der Waals surface area contributed by atoms with Crippen LogP contribution in [-0.4, -0.2) is 19.9 Å². The van der Waals surface area contributed by atoms with Gasteiger partial charge in [-0.05, 0) is 43.0 Å². The van der Waals surface area contributed by atoms with Crippen molar-refractivity contribution < 1.29 is 8.42 Å². The van der Waals surface area contributed by atoms with E-state index in [2.05, 4.69) is 4.98 Å². The fraction of sp³-hybridized carbons (Fsp3) is 0.267. The lowest BCUT2D eigenvalue weighted by atomic mass is 10.1. The second kappa shape index (κ2) is 6.07. The van der Waals surface area contributed by atoms with Crippen LogP contribution in [0.2, 0.25) is 10.3 Å². The molecule has 3 rings (SSSR count). The van der Waals surface area contributed by atoms with Crippen molar-refractivity contribution in [3.05, 3.63) is 52.3 Å². The maximum Gasteiger partial charge on any atom is 0.267 e. The summed E-state index contributed by atoms with van der Waals surface area (Å²) in [5.74, 6) is 0. The third-order valence-corrected chi connectivity index (χ3v) is 6.12. The predicted octanol–water partition coefficient (Wildman–Crippen LogP) is 3.92. The van der Waals surface area contributed by atoms with Crippen molar-refractivity contribution in [2.45, 2.75) is 24.2 Å². The Morgan fingerprint density at radius 2 is 1.82 bits per heavy atom. The van der Waals surface area contributed by atoms with E-state index in [1.807, 2.05) is 24.3 Å². The van der Waals surface area contributed by atoms with Gasteiger partial charge in [0.1, 0.15) is 10.0 Å². The molecule has 0 N–H and O–H groups in total. The number of anilines is 1. The number of hydrogen-bond donors (Lipinski definition) is 0. The Kier molecular flexibility index (Phi) is 4.30. The molecule has 1 aromatic heterocycles. The van der Waals surface area contributed by atoms with Gasteiger partial charge < -0.3 is 0 Å². The molecule has 0 fully saturated rings. The van der Waals surface area contributed by atoms with Crippen LogP contribution in [0.4, 0.5) is 5.69 Å². The third kappa shape index (κ3) is 2.81. The van der Waals surface area contributed by atoms with Gasteiger partial charge >= 0.3 is 0 Å². The first-order chi connectivity index (χ1) is 10.5. The molecular formula is C15H14Cl2N2O2S. The largest absolute Gasteiger partial charge is 0.267 e. The molecule has 1 aliphatic heterocycles. The molecule has 2 heterocycles. The summed E-state index contributed by atoms with van der Waals surface area (Å²) < 4.78 is 27.4. The van der Waals surface area contributed by atoms with Crippen LogP contribution in [0.15, 0.2) is 41.3 Å². The van der Waals surface area contributed by atoms with Crippen molar-refractivity contribution >= 4 is 38.9 Å². The van der Waals surface area contributed by atoms with Crippen LogP contribution in [-0.2, 0) is 16.4 Å². The highest BCUT2D eigenvalue weighted by atomic mass is 35.5. The van der Waals surface area contributed by atoms with E-state index in [4.69, 9.17) is 23.2 Å². The van der Waals surface area contributed by atoms with Gasteiger partial charge in [-0.15, -0.1) is 0 Å². The Bertz CT molecular complexity index is 809. The molecule has 0 aliphatic carbocycles. The SMILES string of the molecule is O=S(=O)(c1ccc(Cl)nc1Cl)N1CCCCc2ccccc21. The summed E-state index contributed by atoms with van der Waals surface area (Å²) in [6.07, 6.45) is 2.62. The first-order valence-corrected chi connectivity index (χ1v) is 9.12. The lowest BCUT2D eigenvalue weighted by Crippen LogP contribution is -2.32. The molecule has 0 spiro atoms. The molecule has 0 unspecified atom stereocenters. The van der Waals surface area contributed by atoms with Gasteiger partial charge in [-0.3, -0.25) is 4.31 Å². The van der Waals surface area contributed by atoms with Crippen molar-refractivity contribution in [3.8, 4) is 0 Å². The average Bonchev–Trinajstić information content (AvgIpc) is 2.69. The molecule has 0 bridgehead atoms. The Morgan fingerprint density at radius 1 is 1.05 bits per heavy atom. The average molecular weight is 357 g/mol. The lowest BCUT2D eigenvalue weighted by Gasteiger charge is -2.24. The second-order valence-electron chi connectivity index (χ2n) is 5.09. The zero-order chi connectivity index (χ0) is 15.7. The number of halogens is 2. The molecule has 2 aromatic rings. The van der Waals surface area contributed by atoms with E-state index in [9.17, 15) is 8.42 Å². The lowest BCUT2D eigenvalue weighted by molar-refractivity contribution is 0.589. The molecule has 4 nitrogen and oxygen atoms in total. The minimum Gasteiger partial charge on any atom is -0.266 e. The number of rotatable bonds is 2. The third-order valence-electron chi connectivity index (χ3n) is 3.67. The van der Waals surface area contributed by atoms with E-state index in [0.717, 1.165) is 24.8 Å². The first kappa shape index (κ1) is 15.6. The van der Waals surface area contributed by atoms with E-state index >= 15 is 0 Å². The topological polar surface area (TPSA) is 50.3 Å². The van der Waals surface area contributed by atoms with E-state index in [1.54, 1.807) is 0 Å². The molecule has 1 aromatic carbocycles. The number of benzene rings is 1. The molecule has 22 heavy (non-hydrogen) atoms. The summed E-state index contributed by atoms with van der Waals surface area (Å²) in [6.45, 7) is 0.429. The number of hydrogen-bond acceptors (Lipinski definition) is 3. The standard InChI is InChI=1S/C15H14Cl2N2O2S/c16-14-9-8-13(15(17)18-14)22(20,21)19-10-4-3-6-11-5-1-2-7-12(11)19/h1-2,5,7-9H,3-4,6,10H2. The summed E-state index contributed by atoms with van der Waals surface area (Å²) >= 11 is 11.8. The van der Waals surface area contributed by atoms with E-state index < -0.39 is 10.0 Å². The molecule has 0 radical (unpaired) electrons. The number of fused-ring (bicyclic) bond motifs is 1. The quantitative estimate of drug-likeness (QED) is 0.766. The van der Waals surface area contributed by atoms with E-state index in [-0.39, 0.29) is 15.2 Å². The number of nitrogens with zero attached hydrogens (tertiary/aromatic N) is 2. The van der Waals surface area contributed by atoms with Crippen molar-refractivity contribution in [2.75, 3.05) is 10.8 Å². The number of pyridine rings is 1. The smallest absolute Gasteiger partial charge is 0.266 e. The maximum absolute atomic E-state index is 13.0. The number of para-hydroxylation sites is 1. The summed E-state index contributed by atoms with van der Waals surface area (Å²) in [5.41, 5.74) is 1.74. The first-order valence-electron chi connectivity index (χ1n) is 6.93. The van der Waals surface area contributed by atoms with Gasteiger partial charge in [0.2, 0.25) is 0 Å². The maximum atomic E-state index is 13.0. The van der Waals surface area contributed by atoms with Gasteiger partial charge in [-0.1, -0.05) is 41.4 Å². The Morgan fingerprint density at radius 3 is 2.59 bits per heavy atom. The zero-order valence-corrected chi connectivity index (χ0v) is 14.0. The zero-order valence-electron chi connectivity index (χ0n) is 11.7. The number of sulfonamides is 1. The van der Waals surface area contributed by atoms with Gasteiger partial charge in [0.25, 0.3) is 10.0 Å². The van der Waals surface area contributed by atoms with Crippen molar-refractivity contribution in [1.82, 2.24) is 4.98 Å². The second-order valence-corrected chi connectivity index (χ2v) is 7.66. The fourth-order valence-electron chi connectivity index (χ4n) is 2.62. The summed E-state index contributed by atoms with van der Waals surface area (Å²) in [4.78, 5) is 3.82. The van der Waals surface area contributed by atoms with Gasteiger partial charge in [0.05, 0.1) is 5.69 Å². The molecule has 1 aliphatic rings. The fourth-order valence-corrected chi connectivity index (χ4v) is 4.80. The number of aryl methyl sites for hydroxylation is 1. The normalized spacial score (nSPS) is 15.3. The predicted molar refractivity (Wildman–Crippen MR) is 88.2 cm³/mol. The van der Waals surface area contributed by atoms with Gasteiger partial charge in [-0.2, -0.15) is 0 Å². The van der Waals surface area contributed by atoms with Crippen molar-refractivity contribution in [1.29, 1.82) is 0 Å². The van der Waals surface area contributed by atoms with Crippen LogP contribution in [0.25, 0.3) is 0 Å². The van der Waals surface area contributed by atoms with Crippen LogP contribution in [0.5, 0.6) is 0 Å². The van der Waals surface area contributed by atoms with E-state index in [0.29, 0.717) is 12.2 Å².